The second-order valence-electron chi connectivity index (χ2n) is 3.65. The maximum atomic E-state index is 13.5. The first kappa shape index (κ1) is 14.1. The molecule has 0 aliphatic rings. The van der Waals surface area contributed by atoms with Gasteiger partial charge in [-0.2, -0.15) is 0 Å². The van der Waals surface area contributed by atoms with Gasteiger partial charge in [0.2, 0.25) is 0 Å². The predicted molar refractivity (Wildman–Crippen MR) is 61.4 cm³/mol. The summed E-state index contributed by atoms with van der Waals surface area (Å²) in [4.78, 5) is 12.9. The zero-order chi connectivity index (χ0) is 13.5. The van der Waals surface area contributed by atoms with E-state index in [1.54, 1.807) is 0 Å². The van der Waals surface area contributed by atoms with Crippen molar-refractivity contribution in [3.63, 3.8) is 0 Å². The van der Waals surface area contributed by atoms with Crippen LogP contribution in [0.15, 0.2) is 23.3 Å². The lowest BCUT2D eigenvalue weighted by Gasteiger charge is -2.18. The number of carbonyl (C=O) groups is 1. The molecule has 0 aromatic heterocycles. The van der Waals surface area contributed by atoms with Crippen LogP contribution >= 0.6 is 0 Å². The van der Waals surface area contributed by atoms with E-state index in [4.69, 9.17) is 5.53 Å². The maximum absolute atomic E-state index is 13.5. The Hall–Kier alpha value is -1.95. The Bertz CT molecular complexity index is 475. The van der Waals surface area contributed by atoms with Crippen LogP contribution < -0.4 is 0 Å². The lowest BCUT2D eigenvalue weighted by atomic mass is 10.0. The van der Waals surface area contributed by atoms with E-state index in [-0.39, 0.29) is 24.1 Å². The van der Waals surface area contributed by atoms with E-state index in [0.717, 1.165) is 6.07 Å². The third-order valence-electron chi connectivity index (χ3n) is 2.43. The molecule has 1 aromatic carbocycles. The molecule has 96 valence electrons. The van der Waals surface area contributed by atoms with Gasteiger partial charge >= 0.3 is 0 Å². The number of hydrogen-bond acceptors (Lipinski definition) is 4. The molecule has 0 spiro atoms. The minimum absolute atomic E-state index is 0.00275. The molecule has 0 saturated heterocycles. The van der Waals surface area contributed by atoms with Crippen LogP contribution in [0.2, 0.25) is 0 Å². The zero-order valence-electron chi connectivity index (χ0n) is 9.40. The summed E-state index contributed by atoms with van der Waals surface area (Å²) in [6.45, 7) is 0.00275. The van der Waals surface area contributed by atoms with Crippen LogP contribution in [-0.2, 0) is 0 Å². The second kappa shape index (κ2) is 6.70. The Balaban J connectivity index is 2.79. The van der Waals surface area contributed by atoms with Crippen molar-refractivity contribution < 1.29 is 19.4 Å². The summed E-state index contributed by atoms with van der Waals surface area (Å²) in [6, 6.07) is 3.56. The van der Waals surface area contributed by atoms with E-state index < -0.39 is 18.0 Å². The molecule has 0 fully saturated rings. The van der Waals surface area contributed by atoms with Gasteiger partial charge in [-0.25, -0.2) is 4.39 Å². The minimum Gasteiger partial charge on any atom is -0.390 e. The molecule has 1 rings (SSSR count). The molecule has 6 nitrogen and oxygen atoms in total. The maximum Gasteiger partial charge on any atom is 0.150 e. The SMILES string of the molecule is [N-]=[N+]=NCCC(O)C(O)c1ccc(C=O)cc1F. The number of hydrogen-bond donors (Lipinski definition) is 2. The number of carbonyl (C=O) groups excluding carboxylic acids is 1. The van der Waals surface area contributed by atoms with Gasteiger partial charge < -0.3 is 10.2 Å². The van der Waals surface area contributed by atoms with E-state index in [9.17, 15) is 19.4 Å². The van der Waals surface area contributed by atoms with Gasteiger partial charge in [0.05, 0.1) is 6.10 Å². The number of halogens is 1. The highest BCUT2D eigenvalue weighted by atomic mass is 19.1. The summed E-state index contributed by atoms with van der Waals surface area (Å²) < 4.78 is 13.5. The Morgan fingerprint density at radius 1 is 1.50 bits per heavy atom. The predicted octanol–water partition coefficient (Wildman–Crippen LogP) is 1.73. The topological polar surface area (TPSA) is 106 Å². The van der Waals surface area contributed by atoms with Crippen molar-refractivity contribution in [1.82, 2.24) is 0 Å². The summed E-state index contributed by atoms with van der Waals surface area (Å²) in [6.07, 6.45) is -2.18. The van der Waals surface area contributed by atoms with Crippen LogP contribution in [0.5, 0.6) is 0 Å². The molecule has 2 atom stereocenters. The highest BCUT2D eigenvalue weighted by molar-refractivity contribution is 5.74. The molecule has 0 amide bonds. The van der Waals surface area contributed by atoms with Gasteiger partial charge in [0.25, 0.3) is 0 Å². The van der Waals surface area contributed by atoms with E-state index in [1.165, 1.54) is 12.1 Å². The fourth-order valence-electron chi connectivity index (χ4n) is 1.46. The lowest BCUT2D eigenvalue weighted by molar-refractivity contribution is 0.0130. The van der Waals surface area contributed by atoms with Gasteiger partial charge in [0.1, 0.15) is 18.2 Å². The van der Waals surface area contributed by atoms with Crippen LogP contribution in [0.4, 0.5) is 4.39 Å². The summed E-state index contributed by atoms with van der Waals surface area (Å²) in [7, 11) is 0. The summed E-state index contributed by atoms with van der Waals surface area (Å²) >= 11 is 0. The Morgan fingerprint density at radius 3 is 2.78 bits per heavy atom. The van der Waals surface area contributed by atoms with Gasteiger partial charge in [0.15, 0.2) is 0 Å². The standard InChI is InChI=1S/C11H12FN3O3/c12-9-5-7(6-16)1-2-8(9)11(18)10(17)3-4-14-15-13/h1-2,5-6,10-11,17-18H,3-4H2. The first-order valence-corrected chi connectivity index (χ1v) is 5.21. The molecule has 1 aromatic rings. The third kappa shape index (κ3) is 3.53. The average Bonchev–Trinajstić information content (AvgIpc) is 2.38. The molecule has 7 heteroatoms. The van der Waals surface area contributed by atoms with Crippen LogP contribution in [0.3, 0.4) is 0 Å². The van der Waals surface area contributed by atoms with E-state index in [1.807, 2.05) is 0 Å². The number of rotatable bonds is 6. The van der Waals surface area contributed by atoms with Gasteiger partial charge in [-0.15, -0.1) is 0 Å². The van der Waals surface area contributed by atoms with Gasteiger partial charge in [-0.3, -0.25) is 4.79 Å². The largest absolute Gasteiger partial charge is 0.390 e. The molecule has 18 heavy (non-hydrogen) atoms. The van der Waals surface area contributed by atoms with Crippen molar-refractivity contribution in [1.29, 1.82) is 0 Å². The quantitative estimate of drug-likeness (QED) is 0.349. The van der Waals surface area contributed by atoms with Crippen molar-refractivity contribution in [3.8, 4) is 0 Å². The molecule has 0 saturated carbocycles. The van der Waals surface area contributed by atoms with Crippen molar-refractivity contribution in [2.45, 2.75) is 18.6 Å². The van der Waals surface area contributed by atoms with Crippen molar-refractivity contribution in [2.24, 2.45) is 5.11 Å². The van der Waals surface area contributed by atoms with Crippen molar-refractivity contribution in [2.75, 3.05) is 6.54 Å². The number of aldehydes is 1. The monoisotopic (exact) mass is 253 g/mol. The number of nitrogens with zero attached hydrogens (tertiary/aromatic N) is 3. The molecule has 0 aliphatic heterocycles. The molecule has 0 bridgehead atoms. The van der Waals surface area contributed by atoms with Crippen LogP contribution in [-0.4, -0.2) is 29.1 Å². The number of aliphatic hydroxyl groups is 2. The van der Waals surface area contributed by atoms with Crippen molar-refractivity contribution in [3.05, 3.63) is 45.6 Å². The normalized spacial score (nSPS) is 13.5. The fourth-order valence-corrected chi connectivity index (χ4v) is 1.46. The third-order valence-corrected chi connectivity index (χ3v) is 2.43. The highest BCUT2D eigenvalue weighted by Gasteiger charge is 2.21. The Labute approximate surface area is 102 Å². The first-order chi connectivity index (χ1) is 8.60. The van der Waals surface area contributed by atoms with Crippen molar-refractivity contribution >= 4 is 6.29 Å². The Kier molecular flexibility index (Phi) is 5.26. The highest BCUT2D eigenvalue weighted by Crippen LogP contribution is 2.22. The van der Waals surface area contributed by atoms with Crippen LogP contribution in [0, 0.1) is 5.82 Å². The summed E-state index contributed by atoms with van der Waals surface area (Å²) in [5, 5.41) is 22.5. The molecule has 0 aliphatic carbocycles. The summed E-state index contributed by atoms with van der Waals surface area (Å²) in [5.41, 5.74) is 8.10. The molecule has 2 unspecified atom stereocenters. The van der Waals surface area contributed by atoms with Crippen LogP contribution in [0.25, 0.3) is 10.4 Å². The number of azide groups is 1. The van der Waals surface area contributed by atoms with Gasteiger partial charge in [-0.05, 0) is 18.0 Å². The summed E-state index contributed by atoms with van der Waals surface area (Å²) in [5.74, 6) is -0.769. The second-order valence-corrected chi connectivity index (χ2v) is 3.65. The Morgan fingerprint density at radius 2 is 2.22 bits per heavy atom. The molecule has 0 radical (unpaired) electrons. The molecular formula is C11H12FN3O3. The number of aliphatic hydroxyl groups excluding tert-OH is 2. The van der Waals surface area contributed by atoms with E-state index >= 15 is 0 Å². The van der Waals surface area contributed by atoms with Crippen LogP contribution in [0.1, 0.15) is 28.4 Å². The number of benzene rings is 1. The fraction of sp³-hybridized carbons (Fsp3) is 0.364. The van der Waals surface area contributed by atoms with Gasteiger partial charge in [-0.1, -0.05) is 17.2 Å². The van der Waals surface area contributed by atoms with E-state index in [0.29, 0.717) is 6.29 Å². The van der Waals surface area contributed by atoms with E-state index in [2.05, 4.69) is 10.0 Å². The van der Waals surface area contributed by atoms with Gasteiger partial charge in [0, 0.05) is 22.6 Å². The molecule has 2 N–H and O–H groups in total. The zero-order valence-corrected chi connectivity index (χ0v) is 9.40. The smallest absolute Gasteiger partial charge is 0.150 e. The first-order valence-electron chi connectivity index (χ1n) is 5.21. The average molecular weight is 253 g/mol. The molecular weight excluding hydrogens is 241 g/mol. The lowest BCUT2D eigenvalue weighted by Crippen LogP contribution is -2.20. The molecule has 0 heterocycles. The minimum atomic E-state index is -1.43.